The maximum absolute atomic E-state index is 14.3. The molecule has 3 aliphatic carbocycles. The van der Waals surface area contributed by atoms with E-state index in [0.29, 0.717) is 70.5 Å². The summed E-state index contributed by atoms with van der Waals surface area (Å²) in [5.41, 5.74) is 4.04. The van der Waals surface area contributed by atoms with Gasteiger partial charge in [0.05, 0.1) is 83.9 Å². The van der Waals surface area contributed by atoms with Gasteiger partial charge in [-0.3, -0.25) is 9.59 Å². The molecule has 538 valence electrons. The van der Waals surface area contributed by atoms with Gasteiger partial charge in [-0.1, -0.05) is 98.7 Å². The molecule has 0 radical (unpaired) electrons. The topological polar surface area (TPSA) is 197 Å². The van der Waals surface area contributed by atoms with Crippen LogP contribution < -0.4 is 35.0 Å². The normalized spacial score (nSPS) is 16.5. The Bertz CT molecular complexity index is 4140. The number of carboxylic acids is 1. The number of halogens is 13. The minimum atomic E-state index is -1.29. The molecular formula is C72H68BBr3Cl4F6N2O13. The lowest BCUT2D eigenvalue weighted by molar-refractivity contribution is -0.143. The molecule has 7 aromatic carbocycles. The summed E-state index contributed by atoms with van der Waals surface area (Å²) in [6.07, 6.45) is 9.63. The van der Waals surface area contributed by atoms with E-state index in [4.69, 9.17) is 84.5 Å². The number of ether oxygens (including phenoxy) is 5. The van der Waals surface area contributed by atoms with E-state index in [0.717, 1.165) is 95.8 Å². The van der Waals surface area contributed by atoms with E-state index in [1.807, 2.05) is 39.8 Å². The lowest BCUT2D eigenvalue weighted by Gasteiger charge is -2.32. The Morgan fingerprint density at radius 3 is 1.50 bits per heavy atom. The number of benzene rings is 7. The summed E-state index contributed by atoms with van der Waals surface area (Å²) in [6, 6.07) is 20.2. The molecule has 2 atom stereocenters. The zero-order valence-electron chi connectivity index (χ0n) is 54.9. The standard InChI is InChI=1S/C28H23Cl2F2NO5.C26H30BCl2NO6.C9H7BrF2O.C6H3BrF2O.C3H5Br/c29-19-4-1-5-20(30)25(19)27(34)33-23(28(35)36)11-14-6-9-17(26-16(14)3-2-10-37-26)18-12-21(31)22(32)13-24(18)38-15-7-8-15;1-25(2)26(3,4)36-27(35-25)17-12-11-15(16-8-7-13-34-22(16)17)14-20(24(32)33-5)30-23(31)21-18(28)9-6-10-19(21)29;10-6-3-7(11)8(12)4-9(6)13-5-1-2-5;7-3-1-4(8)5(9)2-6(3)10;4-3-1-2-3/h1,4-6,9,12-13,15,23H,2-3,7-8,10-11H2,(H,33,34)(H,35,36);6,9-12,20H,7-8,13-14H2,1-5H3,(H,30,31);3-5H,1-2H2;1-2,10H;3H,1-2H2/t23-;20-;;;/m00.../s1. The second-order valence-electron chi connectivity index (χ2n) is 25.2. The summed E-state index contributed by atoms with van der Waals surface area (Å²) in [7, 11) is 0.707. The number of nitrogens with one attached hydrogen (secondary N) is 2. The molecule has 101 heavy (non-hydrogen) atoms. The summed E-state index contributed by atoms with van der Waals surface area (Å²) in [5, 5.41) is 24.5. The van der Waals surface area contributed by atoms with Crippen LogP contribution in [-0.4, -0.2) is 102 Å². The number of methoxy groups -OCH3 is 1. The number of phenolic OH excluding ortho intramolecular Hbond substituents is 1. The number of fused-ring (bicyclic) bond motifs is 2. The van der Waals surface area contributed by atoms with Gasteiger partial charge in [-0.05, 0) is 188 Å². The van der Waals surface area contributed by atoms with Crippen molar-refractivity contribution >= 4 is 131 Å². The Balaban J connectivity index is 0.000000172. The van der Waals surface area contributed by atoms with Crippen LogP contribution in [0.2, 0.25) is 20.1 Å². The third-order valence-electron chi connectivity index (χ3n) is 16.9. The van der Waals surface area contributed by atoms with Gasteiger partial charge in [0.1, 0.15) is 40.8 Å². The van der Waals surface area contributed by atoms with E-state index in [2.05, 4.69) is 58.4 Å². The first kappa shape index (κ1) is 78.7. The van der Waals surface area contributed by atoms with Crippen LogP contribution in [0.1, 0.15) is 122 Å². The first-order chi connectivity index (χ1) is 47.8. The van der Waals surface area contributed by atoms with Crippen LogP contribution in [0.4, 0.5) is 26.3 Å². The van der Waals surface area contributed by atoms with Crippen LogP contribution in [0.5, 0.6) is 28.7 Å². The fourth-order valence-corrected chi connectivity index (χ4v) is 12.6. The third kappa shape index (κ3) is 20.5. The molecule has 0 aromatic heterocycles. The number of carbonyl (C=O) groups excluding carboxylic acids is 3. The minimum Gasteiger partial charge on any atom is -0.507 e. The van der Waals surface area contributed by atoms with Gasteiger partial charge < -0.3 is 53.8 Å². The zero-order valence-corrected chi connectivity index (χ0v) is 62.7. The molecular weight excluding hydrogens is 1610 g/mol. The molecule has 2 amide bonds. The van der Waals surface area contributed by atoms with Crippen molar-refractivity contribution in [1.82, 2.24) is 10.6 Å². The smallest absolute Gasteiger partial charge is 0.498 e. The highest BCUT2D eigenvalue weighted by atomic mass is 79.9. The van der Waals surface area contributed by atoms with E-state index in [-0.39, 0.29) is 72.2 Å². The number of aromatic hydroxyl groups is 1. The molecule has 3 saturated carbocycles. The van der Waals surface area contributed by atoms with Crippen LogP contribution in [0.25, 0.3) is 11.1 Å². The minimum absolute atomic E-state index is 0.00989. The van der Waals surface area contributed by atoms with Gasteiger partial charge in [-0.2, -0.15) is 0 Å². The quantitative estimate of drug-likeness (QED) is 0.0235. The molecule has 3 aliphatic heterocycles. The summed E-state index contributed by atoms with van der Waals surface area (Å²) in [5.74, 6) is -7.41. The average Bonchev–Trinajstić information content (AvgIpc) is 1.72. The molecule has 7 aromatic rings. The molecule has 0 unspecified atom stereocenters. The predicted octanol–water partition coefficient (Wildman–Crippen LogP) is 17.6. The molecule has 4 fully saturated rings. The number of esters is 1. The lowest BCUT2D eigenvalue weighted by atomic mass is 9.75. The second-order valence-corrected chi connectivity index (χ2v) is 29.8. The van der Waals surface area contributed by atoms with Crippen LogP contribution in [0.3, 0.4) is 0 Å². The van der Waals surface area contributed by atoms with Crippen molar-refractivity contribution in [3.05, 3.63) is 194 Å². The number of hydrogen-bond acceptors (Lipinski definition) is 12. The first-order valence-corrected chi connectivity index (χ1v) is 36.0. The van der Waals surface area contributed by atoms with Crippen molar-refractivity contribution in [2.45, 2.75) is 145 Å². The van der Waals surface area contributed by atoms with Crippen molar-refractivity contribution in [2.24, 2.45) is 0 Å². The summed E-state index contributed by atoms with van der Waals surface area (Å²) in [4.78, 5) is 51.5. The average molecular weight is 1680 g/mol. The van der Waals surface area contributed by atoms with Crippen molar-refractivity contribution in [3.8, 4) is 39.9 Å². The lowest BCUT2D eigenvalue weighted by Crippen LogP contribution is -2.44. The third-order valence-corrected chi connectivity index (χ3v) is 20.4. The van der Waals surface area contributed by atoms with Crippen molar-refractivity contribution in [2.75, 3.05) is 20.3 Å². The monoisotopic (exact) mass is 1670 g/mol. The molecule has 29 heteroatoms. The van der Waals surface area contributed by atoms with Crippen molar-refractivity contribution < 1.29 is 88.7 Å². The Morgan fingerprint density at radius 2 is 1.01 bits per heavy atom. The van der Waals surface area contributed by atoms with Gasteiger partial charge in [-0.25, -0.2) is 35.9 Å². The van der Waals surface area contributed by atoms with Gasteiger partial charge >= 0.3 is 19.1 Å². The maximum atomic E-state index is 14.3. The fraction of sp³-hybridized carbons (Fsp3) is 0.361. The molecule has 6 aliphatic rings. The van der Waals surface area contributed by atoms with Crippen LogP contribution in [0.15, 0.2) is 106 Å². The van der Waals surface area contributed by atoms with Crippen LogP contribution >= 0.6 is 94.2 Å². The summed E-state index contributed by atoms with van der Waals surface area (Å²) in [6.45, 7) is 9.00. The van der Waals surface area contributed by atoms with Crippen molar-refractivity contribution in [1.29, 1.82) is 0 Å². The summed E-state index contributed by atoms with van der Waals surface area (Å²) < 4.78 is 120. The Labute approximate surface area is 625 Å². The number of alkyl halides is 1. The molecule has 0 spiro atoms. The van der Waals surface area contributed by atoms with E-state index in [9.17, 15) is 50.6 Å². The van der Waals surface area contributed by atoms with Gasteiger partial charge in [0.25, 0.3) is 11.8 Å². The number of aliphatic carboxylic acids is 1. The Hall–Kier alpha value is -6.42. The van der Waals surface area contributed by atoms with E-state index in [1.54, 1.807) is 36.4 Å². The molecule has 13 rings (SSSR count). The SMILES string of the molecule is BrC1CC1.COC(=O)[C@H](Cc1ccc(B2OC(C)(C)C(C)(C)O2)c2c1CCCO2)NC(=O)c1c(Cl)cccc1Cl.Fc1cc(Br)c(OC2CC2)cc1F.O=C(N[C@@H](Cc1ccc(-c2cc(F)c(F)cc2OC2CC2)c2c1CCCO2)C(=O)O)c1c(Cl)cccc1Cl.Oc1cc(F)c(F)cc1Br. The maximum Gasteiger partial charge on any atom is 0.498 e. The van der Waals surface area contributed by atoms with Gasteiger partial charge in [0.2, 0.25) is 0 Å². The number of hydrogen-bond donors (Lipinski definition) is 4. The fourth-order valence-electron chi connectivity index (χ4n) is 10.4. The van der Waals surface area contributed by atoms with E-state index >= 15 is 0 Å². The van der Waals surface area contributed by atoms with Gasteiger partial charge in [-0.15, -0.1) is 0 Å². The molecule has 3 heterocycles. The van der Waals surface area contributed by atoms with Crippen LogP contribution in [0, 0.1) is 34.9 Å². The largest absolute Gasteiger partial charge is 0.507 e. The number of phenols is 1. The predicted molar refractivity (Wildman–Crippen MR) is 383 cm³/mol. The Morgan fingerprint density at radius 1 is 0.584 bits per heavy atom. The van der Waals surface area contributed by atoms with E-state index in [1.165, 1.54) is 32.1 Å². The second kappa shape index (κ2) is 34.5. The van der Waals surface area contributed by atoms with Gasteiger partial charge in [0, 0.05) is 52.5 Å². The molecule has 1 saturated heterocycles. The van der Waals surface area contributed by atoms with E-state index < -0.39 is 89.1 Å². The molecule has 0 bridgehead atoms. The molecule has 15 nitrogen and oxygen atoms in total. The number of rotatable bonds is 16. The zero-order chi connectivity index (χ0) is 73.4. The highest BCUT2D eigenvalue weighted by Gasteiger charge is 2.53. The number of amides is 2. The number of carbonyl (C=O) groups is 4. The van der Waals surface area contributed by atoms with Gasteiger partial charge in [0.15, 0.2) is 34.9 Å². The van der Waals surface area contributed by atoms with Crippen molar-refractivity contribution in [3.63, 3.8) is 0 Å². The first-order valence-electron chi connectivity index (χ1n) is 32.0. The highest BCUT2D eigenvalue weighted by Crippen LogP contribution is 2.45. The van der Waals surface area contributed by atoms with Crippen LogP contribution in [-0.2, 0) is 49.3 Å². The highest BCUT2D eigenvalue weighted by molar-refractivity contribution is 9.11. The summed E-state index contributed by atoms with van der Waals surface area (Å²) >= 11 is 33.9. The Kier molecular flexibility index (Phi) is 26.9. The number of carboxylic acid groups (broad SMARTS) is 1. The molecule has 4 N–H and O–H groups in total.